The maximum absolute atomic E-state index is 5.08. The molecule has 2 atom stereocenters. The molecule has 0 bridgehead atoms. The van der Waals surface area contributed by atoms with Crippen molar-refractivity contribution in [1.29, 1.82) is 0 Å². The number of para-hydroxylation sites is 1. The van der Waals surface area contributed by atoms with E-state index in [0.717, 1.165) is 8.37 Å². The topological polar surface area (TPSA) is 15.6 Å². The van der Waals surface area contributed by atoms with Gasteiger partial charge in [-0.25, -0.2) is 4.52 Å². The van der Waals surface area contributed by atoms with Crippen molar-refractivity contribution in [1.82, 2.24) is 0 Å². The lowest BCUT2D eigenvalue weighted by atomic mass is 10.3. The second kappa shape index (κ2) is 9.05. The van der Waals surface area contributed by atoms with Crippen molar-refractivity contribution in [3.8, 4) is 0 Å². The van der Waals surface area contributed by atoms with Crippen molar-refractivity contribution in [3.63, 3.8) is 0 Å². The first-order valence-corrected chi connectivity index (χ1v) is 11.3. The highest BCUT2D eigenvalue weighted by atomic mass is 31.2. The van der Waals surface area contributed by atoms with E-state index in [9.17, 15) is 0 Å². The molecule has 5 heteroatoms. The molecule has 0 aliphatic rings. The molecule has 24 heavy (non-hydrogen) atoms. The van der Waals surface area contributed by atoms with Crippen LogP contribution < -0.4 is 15.1 Å². The Balaban J connectivity index is 1.97. The van der Waals surface area contributed by atoms with Gasteiger partial charge < -0.3 is 4.44 Å². The van der Waals surface area contributed by atoms with Crippen molar-refractivity contribution in [2.75, 3.05) is 11.1 Å². The van der Waals surface area contributed by atoms with Gasteiger partial charge in [-0.2, -0.15) is 0 Å². The van der Waals surface area contributed by atoms with Crippen molar-refractivity contribution < 1.29 is 0 Å². The van der Waals surface area contributed by atoms with Crippen molar-refractivity contribution in [2.45, 2.75) is 0 Å². The zero-order valence-corrected chi connectivity index (χ0v) is 16.2. The Labute approximate surface area is 148 Å². The van der Waals surface area contributed by atoms with Crippen LogP contribution in [0.2, 0.25) is 0 Å². The molecular formula is C19H19N2P3. The van der Waals surface area contributed by atoms with Crippen LogP contribution in [0.5, 0.6) is 0 Å². The van der Waals surface area contributed by atoms with E-state index in [-0.39, 0.29) is 0 Å². The highest BCUT2D eigenvalue weighted by Gasteiger charge is 2.19. The molecule has 0 fully saturated rings. The summed E-state index contributed by atoms with van der Waals surface area (Å²) in [6.07, 6.45) is 0. The molecule has 2 unspecified atom stereocenters. The van der Waals surface area contributed by atoms with Crippen LogP contribution in [0.4, 0.5) is 5.69 Å². The van der Waals surface area contributed by atoms with E-state index in [0.29, 0.717) is 8.73 Å². The quantitative estimate of drug-likeness (QED) is 0.502. The van der Waals surface area contributed by atoms with Gasteiger partial charge >= 0.3 is 0 Å². The lowest BCUT2D eigenvalue weighted by Gasteiger charge is -2.28. The number of hydrogen-bond donors (Lipinski definition) is 0. The number of rotatable bonds is 6. The molecule has 3 rings (SSSR count). The molecule has 0 aliphatic carbocycles. The second-order valence-corrected chi connectivity index (χ2v) is 9.22. The number of nitrogens with zero attached hydrogens (tertiary/aromatic N) is 2. The van der Waals surface area contributed by atoms with Gasteiger partial charge in [0.05, 0.1) is 0 Å². The third kappa shape index (κ3) is 4.49. The molecule has 0 aromatic heterocycles. The number of anilines is 1. The summed E-state index contributed by atoms with van der Waals surface area (Å²) < 4.78 is 7.51. The van der Waals surface area contributed by atoms with Crippen LogP contribution in [0.3, 0.4) is 0 Å². The molecule has 0 heterocycles. The van der Waals surface area contributed by atoms with Crippen LogP contribution in [0.15, 0.2) is 95.5 Å². The smallest absolute Gasteiger partial charge is 0.157 e. The monoisotopic (exact) mass is 368 g/mol. The fraction of sp³-hybridized carbons (Fsp3) is 0.0526. The summed E-state index contributed by atoms with van der Waals surface area (Å²) in [5.74, 6) is 0. The summed E-state index contributed by atoms with van der Waals surface area (Å²) >= 11 is 0. The summed E-state index contributed by atoms with van der Waals surface area (Å²) in [6, 6.07) is 31.7. The summed E-state index contributed by atoms with van der Waals surface area (Å²) in [5, 5.41) is 2.52. The minimum absolute atomic E-state index is 0.664. The Morgan fingerprint density at radius 1 is 0.792 bits per heavy atom. The molecule has 3 aromatic carbocycles. The molecule has 0 saturated carbocycles. The first-order chi connectivity index (χ1) is 11.9. The lowest BCUT2D eigenvalue weighted by Crippen LogP contribution is -2.12. The fourth-order valence-corrected chi connectivity index (χ4v) is 6.94. The highest BCUT2D eigenvalue weighted by molar-refractivity contribution is 7.77. The lowest BCUT2D eigenvalue weighted by molar-refractivity contribution is 1.56. The van der Waals surface area contributed by atoms with Gasteiger partial charge in [-0.05, 0) is 39.7 Å². The molecule has 2 nitrogen and oxygen atoms in total. The summed E-state index contributed by atoms with van der Waals surface area (Å²) in [4.78, 5) is 0. The van der Waals surface area contributed by atoms with E-state index >= 15 is 0 Å². The van der Waals surface area contributed by atoms with Crippen LogP contribution in [0, 0.1) is 0 Å². The Kier molecular flexibility index (Phi) is 6.50. The predicted molar refractivity (Wildman–Crippen MR) is 112 cm³/mol. The van der Waals surface area contributed by atoms with Gasteiger partial charge in [-0.15, -0.1) is 0 Å². The van der Waals surface area contributed by atoms with Gasteiger partial charge in [-0.1, -0.05) is 66.7 Å². The van der Waals surface area contributed by atoms with Gasteiger partial charge in [0, 0.05) is 24.7 Å². The first kappa shape index (κ1) is 17.2. The zero-order chi connectivity index (χ0) is 16.6. The van der Waals surface area contributed by atoms with Gasteiger partial charge in [0.15, 0.2) is 8.22 Å². The number of hydrogen-bond acceptors (Lipinski definition) is 2. The minimum atomic E-state index is -0.761. The SMILES string of the molecule is CPN(c1ccccc1)P(N=Pc1ccccc1)c1ccccc1. The molecule has 3 aromatic rings. The van der Waals surface area contributed by atoms with Crippen LogP contribution >= 0.6 is 25.3 Å². The van der Waals surface area contributed by atoms with E-state index in [4.69, 9.17) is 4.52 Å². The largest absolute Gasteiger partial charge is 0.310 e. The van der Waals surface area contributed by atoms with Gasteiger partial charge in [0.1, 0.15) is 0 Å². The predicted octanol–water partition coefficient (Wildman–Crippen LogP) is 5.81. The van der Waals surface area contributed by atoms with Gasteiger partial charge in [0.25, 0.3) is 0 Å². The molecule has 0 spiro atoms. The molecule has 0 radical (unpaired) electrons. The summed E-state index contributed by atoms with van der Waals surface area (Å²) in [6.45, 7) is 2.22. The average Bonchev–Trinajstić information content (AvgIpc) is 2.67. The van der Waals surface area contributed by atoms with E-state index < -0.39 is 8.22 Å². The van der Waals surface area contributed by atoms with E-state index in [2.05, 4.69) is 96.0 Å². The standard InChI is InChI=1S/C19H19N2P3/c1-22-21(17-11-5-2-6-12-17)24(19-15-9-4-10-16-19)20-23-18-13-7-3-8-14-18/h2-16,22H,1H3. The van der Waals surface area contributed by atoms with Gasteiger partial charge in [0.2, 0.25) is 0 Å². The Morgan fingerprint density at radius 2 is 1.33 bits per heavy atom. The van der Waals surface area contributed by atoms with Crippen molar-refractivity contribution >= 4 is 41.6 Å². The van der Waals surface area contributed by atoms with Crippen molar-refractivity contribution in [2.24, 2.45) is 4.52 Å². The molecular weight excluding hydrogens is 349 g/mol. The van der Waals surface area contributed by atoms with E-state index in [1.54, 1.807) is 0 Å². The second-order valence-electron chi connectivity index (χ2n) is 5.02. The van der Waals surface area contributed by atoms with E-state index in [1.165, 1.54) is 16.3 Å². The van der Waals surface area contributed by atoms with Crippen LogP contribution in [-0.2, 0) is 0 Å². The van der Waals surface area contributed by atoms with Crippen molar-refractivity contribution in [3.05, 3.63) is 91.0 Å². The maximum atomic E-state index is 5.08. The number of benzene rings is 3. The summed E-state index contributed by atoms with van der Waals surface area (Å²) in [5.41, 5.74) is 1.24. The molecule has 0 aliphatic heterocycles. The molecule has 0 N–H and O–H groups in total. The third-order valence-electron chi connectivity index (χ3n) is 3.39. The van der Waals surface area contributed by atoms with Crippen LogP contribution in [0.1, 0.15) is 0 Å². The van der Waals surface area contributed by atoms with Gasteiger partial charge in [-0.3, -0.25) is 0 Å². The zero-order valence-electron chi connectivity index (χ0n) is 13.4. The average molecular weight is 368 g/mol. The van der Waals surface area contributed by atoms with Crippen LogP contribution in [0.25, 0.3) is 0 Å². The minimum Gasteiger partial charge on any atom is -0.310 e. The first-order valence-electron chi connectivity index (χ1n) is 7.73. The maximum Gasteiger partial charge on any atom is 0.157 e. The Morgan fingerprint density at radius 3 is 1.92 bits per heavy atom. The fourth-order valence-electron chi connectivity index (χ4n) is 2.26. The molecule has 120 valence electrons. The highest BCUT2D eigenvalue weighted by Crippen LogP contribution is 2.51. The van der Waals surface area contributed by atoms with Crippen LogP contribution in [-0.4, -0.2) is 6.66 Å². The Hall–Kier alpha value is -1.58. The Bertz CT molecular complexity index is 764. The summed E-state index contributed by atoms with van der Waals surface area (Å²) in [7, 11) is 0.926. The third-order valence-corrected chi connectivity index (χ3v) is 8.17. The van der Waals surface area contributed by atoms with E-state index in [1.807, 2.05) is 6.07 Å². The normalized spacial score (nSPS) is 12.7. The molecule has 0 saturated heterocycles. The molecule has 0 amide bonds.